The summed E-state index contributed by atoms with van der Waals surface area (Å²) in [7, 11) is 0. The first-order valence-corrected chi connectivity index (χ1v) is 13.4. The zero-order valence-electron chi connectivity index (χ0n) is 19.4. The van der Waals surface area contributed by atoms with Gasteiger partial charge in [0.2, 0.25) is 0 Å². The number of nitrogens with zero attached hydrogens (tertiary/aromatic N) is 1. The van der Waals surface area contributed by atoms with Crippen molar-refractivity contribution in [3.05, 3.63) is 98.6 Å². The van der Waals surface area contributed by atoms with Crippen molar-refractivity contribution in [2.45, 2.75) is 40.8 Å². The molecule has 5 rings (SSSR count). The van der Waals surface area contributed by atoms with Gasteiger partial charge in [0.1, 0.15) is 0 Å². The van der Waals surface area contributed by atoms with Crippen molar-refractivity contribution in [3.63, 3.8) is 0 Å². The van der Waals surface area contributed by atoms with Crippen LogP contribution >= 0.6 is 35.0 Å². The lowest BCUT2D eigenvalue weighted by Crippen LogP contribution is -2.31. The molecule has 1 heterocycles. The molecule has 5 atom stereocenters. The lowest BCUT2D eigenvalue weighted by atomic mass is 9.77. The molecule has 9 heteroatoms. The van der Waals surface area contributed by atoms with Crippen LogP contribution in [-0.2, 0) is 4.74 Å². The van der Waals surface area contributed by atoms with Gasteiger partial charge in [-0.25, -0.2) is 4.79 Å². The maximum Gasteiger partial charge on any atom is 0.338 e. The fourth-order valence-corrected chi connectivity index (χ4v) is 7.40. The average Bonchev–Trinajstić information content (AvgIpc) is 3.20. The van der Waals surface area contributed by atoms with E-state index in [4.69, 9.17) is 27.9 Å². The van der Waals surface area contributed by atoms with Gasteiger partial charge in [-0.3, -0.25) is 10.1 Å². The van der Waals surface area contributed by atoms with Crippen LogP contribution < -0.4 is 5.32 Å². The van der Waals surface area contributed by atoms with E-state index < -0.39 is 0 Å². The van der Waals surface area contributed by atoms with Crippen molar-refractivity contribution in [2.24, 2.45) is 5.92 Å². The summed E-state index contributed by atoms with van der Waals surface area (Å²) in [5.74, 6) is -0.316. The summed E-state index contributed by atoms with van der Waals surface area (Å²) >= 11 is 14.8. The van der Waals surface area contributed by atoms with E-state index in [2.05, 4.69) is 5.32 Å². The van der Waals surface area contributed by atoms with Gasteiger partial charge in [-0.1, -0.05) is 35.9 Å². The number of esters is 1. The Bertz CT molecular complexity index is 1300. The Morgan fingerprint density at radius 1 is 1.17 bits per heavy atom. The number of nitro groups is 1. The predicted molar refractivity (Wildman–Crippen MR) is 143 cm³/mol. The first-order chi connectivity index (χ1) is 17.4. The molecule has 0 spiro atoms. The largest absolute Gasteiger partial charge is 0.462 e. The molecule has 6 nitrogen and oxygen atoms in total. The number of hydrogen-bond acceptors (Lipinski definition) is 6. The van der Waals surface area contributed by atoms with Crippen LogP contribution in [0.25, 0.3) is 0 Å². The normalized spacial score (nSPS) is 24.4. The van der Waals surface area contributed by atoms with Gasteiger partial charge in [0.05, 0.1) is 33.4 Å². The SMILES string of the molecule is CCOC(=O)c1ccc2c(c1)[C@@H]1[C@@H](Cl)[C@@H](Sc3ccccc3[N+](=O)[O-])C[C@@H]1[C@H](c1ccc(Cl)cc1)N2. The Balaban J connectivity index is 1.54. The summed E-state index contributed by atoms with van der Waals surface area (Å²) in [6.07, 6.45) is 0.749. The standard InChI is InChI=1S/C27H24Cl2N2O4S/c1-2-35-27(32)16-9-12-20-18(13-16)24-19(26(30-20)15-7-10-17(28)11-8-15)14-23(25(24)29)36-22-6-4-3-5-21(22)31(33)34/h3-13,19,23-26,30H,2,14H2,1H3/t19-,23-,24-,25-,26-/m0/s1. The van der Waals surface area contributed by atoms with Gasteiger partial charge < -0.3 is 10.1 Å². The van der Waals surface area contributed by atoms with E-state index in [-0.39, 0.29) is 45.1 Å². The molecule has 186 valence electrons. The Kier molecular flexibility index (Phi) is 7.15. The molecule has 1 saturated carbocycles. The minimum Gasteiger partial charge on any atom is -0.462 e. The first kappa shape index (κ1) is 24.9. The number of halogens is 2. The summed E-state index contributed by atoms with van der Waals surface area (Å²) in [6.45, 7) is 2.08. The van der Waals surface area contributed by atoms with Gasteiger partial charge in [0, 0.05) is 27.9 Å². The highest BCUT2D eigenvalue weighted by molar-refractivity contribution is 8.00. The van der Waals surface area contributed by atoms with E-state index >= 15 is 0 Å². The summed E-state index contributed by atoms with van der Waals surface area (Å²) in [4.78, 5) is 24.3. The quantitative estimate of drug-likeness (QED) is 0.150. The Morgan fingerprint density at radius 3 is 2.64 bits per heavy atom. The van der Waals surface area contributed by atoms with E-state index in [0.717, 1.165) is 23.2 Å². The van der Waals surface area contributed by atoms with Crippen LogP contribution in [0.5, 0.6) is 0 Å². The van der Waals surface area contributed by atoms with Gasteiger partial charge >= 0.3 is 5.97 Å². The highest BCUT2D eigenvalue weighted by Crippen LogP contribution is 2.58. The molecule has 1 aliphatic heterocycles. The van der Waals surface area contributed by atoms with Crippen molar-refractivity contribution >= 4 is 52.3 Å². The summed E-state index contributed by atoms with van der Waals surface area (Å²) in [5, 5.41) is 15.6. The highest BCUT2D eigenvalue weighted by atomic mass is 35.5. The van der Waals surface area contributed by atoms with Gasteiger partial charge in [0.25, 0.3) is 5.69 Å². The molecule has 2 aliphatic rings. The van der Waals surface area contributed by atoms with Crippen LogP contribution in [-0.4, -0.2) is 28.1 Å². The van der Waals surface area contributed by atoms with Gasteiger partial charge in [-0.05, 0) is 66.8 Å². The number of benzene rings is 3. The Morgan fingerprint density at radius 2 is 1.92 bits per heavy atom. The van der Waals surface area contributed by atoms with Crippen LogP contribution in [0.3, 0.4) is 0 Å². The molecule has 1 N–H and O–H groups in total. The topological polar surface area (TPSA) is 81.5 Å². The Labute approximate surface area is 223 Å². The van der Waals surface area contributed by atoms with Crippen molar-refractivity contribution in [2.75, 3.05) is 11.9 Å². The summed E-state index contributed by atoms with van der Waals surface area (Å²) in [5.41, 5.74) is 3.56. The lowest BCUT2D eigenvalue weighted by molar-refractivity contribution is -0.387. The highest BCUT2D eigenvalue weighted by Gasteiger charge is 2.50. The molecule has 1 fully saturated rings. The van der Waals surface area contributed by atoms with Crippen LogP contribution in [0.1, 0.15) is 46.8 Å². The maximum atomic E-state index is 12.5. The molecule has 0 radical (unpaired) electrons. The number of anilines is 1. The van der Waals surface area contributed by atoms with Crippen molar-refractivity contribution in [1.82, 2.24) is 0 Å². The molecule has 1 aliphatic carbocycles. The number of nitrogens with one attached hydrogen (secondary N) is 1. The molecule has 36 heavy (non-hydrogen) atoms. The van der Waals surface area contributed by atoms with E-state index in [0.29, 0.717) is 22.1 Å². The number of fused-ring (bicyclic) bond motifs is 3. The smallest absolute Gasteiger partial charge is 0.338 e. The second kappa shape index (κ2) is 10.3. The third-order valence-corrected chi connectivity index (χ3v) is 9.26. The molecule has 0 unspecified atom stereocenters. The second-order valence-corrected chi connectivity index (χ2v) is 11.2. The van der Waals surface area contributed by atoms with Crippen molar-refractivity contribution < 1.29 is 14.5 Å². The number of alkyl halides is 1. The molecular weight excluding hydrogens is 519 g/mol. The van der Waals surface area contributed by atoms with Crippen molar-refractivity contribution in [1.29, 1.82) is 0 Å². The molecule has 3 aromatic rings. The molecule has 0 aromatic heterocycles. The van der Waals surface area contributed by atoms with E-state index in [1.807, 2.05) is 36.4 Å². The van der Waals surface area contributed by atoms with Crippen LogP contribution in [0.4, 0.5) is 11.4 Å². The molecule has 0 saturated heterocycles. The Hall–Kier alpha value is -2.74. The third-order valence-electron chi connectivity index (χ3n) is 6.89. The predicted octanol–water partition coefficient (Wildman–Crippen LogP) is 7.46. The van der Waals surface area contributed by atoms with Crippen molar-refractivity contribution in [3.8, 4) is 0 Å². The number of ether oxygens (including phenoxy) is 1. The van der Waals surface area contributed by atoms with E-state index in [9.17, 15) is 14.9 Å². The average molecular weight is 543 g/mol. The summed E-state index contributed by atoms with van der Waals surface area (Å²) in [6, 6.07) is 20.1. The number of hydrogen-bond donors (Lipinski definition) is 1. The fourth-order valence-electron chi connectivity index (χ4n) is 5.33. The number of rotatable bonds is 6. The third kappa shape index (κ3) is 4.67. The minimum atomic E-state index is -0.369. The number of para-hydroxylation sites is 1. The molecular formula is C27H24Cl2N2O4S. The van der Waals surface area contributed by atoms with Gasteiger partial charge in [-0.15, -0.1) is 23.4 Å². The zero-order chi connectivity index (χ0) is 25.4. The number of thioether (sulfide) groups is 1. The van der Waals surface area contributed by atoms with Crippen LogP contribution in [0.15, 0.2) is 71.6 Å². The van der Waals surface area contributed by atoms with E-state index in [1.54, 1.807) is 31.2 Å². The monoisotopic (exact) mass is 542 g/mol. The number of carbonyl (C=O) groups is 1. The maximum absolute atomic E-state index is 12.5. The van der Waals surface area contributed by atoms with Gasteiger partial charge in [0.15, 0.2) is 0 Å². The summed E-state index contributed by atoms with van der Waals surface area (Å²) < 4.78 is 5.22. The molecule has 3 aromatic carbocycles. The number of carbonyl (C=O) groups excluding carboxylic acids is 1. The lowest BCUT2D eigenvalue weighted by Gasteiger charge is -2.38. The molecule has 0 bridgehead atoms. The van der Waals surface area contributed by atoms with Crippen LogP contribution in [0, 0.1) is 16.0 Å². The van der Waals surface area contributed by atoms with E-state index in [1.165, 1.54) is 17.8 Å². The zero-order valence-corrected chi connectivity index (χ0v) is 21.7. The number of nitro benzene ring substituents is 1. The fraction of sp³-hybridized carbons (Fsp3) is 0.296. The minimum absolute atomic E-state index is 0.0224. The molecule has 0 amide bonds. The first-order valence-electron chi connectivity index (χ1n) is 11.7. The van der Waals surface area contributed by atoms with Crippen LogP contribution in [0.2, 0.25) is 5.02 Å². The second-order valence-electron chi connectivity index (χ2n) is 8.95. The van der Waals surface area contributed by atoms with Gasteiger partial charge in [-0.2, -0.15) is 0 Å².